The summed E-state index contributed by atoms with van der Waals surface area (Å²) in [4.78, 5) is 0. The molecule has 2 rings (SSSR count). The van der Waals surface area contributed by atoms with E-state index in [0.717, 1.165) is 12.8 Å². The van der Waals surface area contributed by atoms with Crippen molar-refractivity contribution in [3.63, 3.8) is 0 Å². The van der Waals surface area contributed by atoms with Gasteiger partial charge in [-0.3, -0.25) is 0 Å². The van der Waals surface area contributed by atoms with Crippen LogP contribution in [0.25, 0.3) is 0 Å². The second-order valence-electron chi connectivity index (χ2n) is 4.13. The predicted molar refractivity (Wildman–Crippen MR) is 59.8 cm³/mol. The molecule has 1 aliphatic carbocycles. The van der Waals surface area contributed by atoms with Crippen molar-refractivity contribution in [2.24, 2.45) is 0 Å². The third kappa shape index (κ3) is 2.39. The molecule has 2 unspecified atom stereocenters. The van der Waals surface area contributed by atoms with Crippen molar-refractivity contribution in [1.29, 1.82) is 0 Å². The molecular formula is C13H18O2. The van der Waals surface area contributed by atoms with Gasteiger partial charge in [0.1, 0.15) is 0 Å². The summed E-state index contributed by atoms with van der Waals surface area (Å²) >= 11 is 0. The number of methoxy groups -OCH3 is 1. The summed E-state index contributed by atoms with van der Waals surface area (Å²) in [5.74, 6) is 0. The zero-order valence-electron chi connectivity index (χ0n) is 9.40. The van der Waals surface area contributed by atoms with Gasteiger partial charge in [-0.05, 0) is 30.9 Å². The largest absolute Gasteiger partial charge is 0.379 e. The number of benzene rings is 1. The lowest BCUT2D eigenvalue weighted by Gasteiger charge is -2.35. The Balaban J connectivity index is 1.86. The van der Waals surface area contributed by atoms with Gasteiger partial charge >= 0.3 is 0 Å². The van der Waals surface area contributed by atoms with E-state index < -0.39 is 0 Å². The molecule has 82 valence electrons. The maximum atomic E-state index is 5.82. The Bertz CT molecular complexity index is 320. The summed E-state index contributed by atoms with van der Waals surface area (Å²) < 4.78 is 11.1. The first-order valence-electron chi connectivity index (χ1n) is 5.50. The topological polar surface area (TPSA) is 18.5 Å². The molecule has 1 fully saturated rings. The smallest absolute Gasteiger partial charge is 0.0842 e. The Morgan fingerprint density at radius 1 is 1.20 bits per heavy atom. The van der Waals surface area contributed by atoms with Gasteiger partial charge < -0.3 is 9.47 Å². The van der Waals surface area contributed by atoms with E-state index >= 15 is 0 Å². The van der Waals surface area contributed by atoms with Crippen LogP contribution in [0.4, 0.5) is 0 Å². The van der Waals surface area contributed by atoms with Crippen molar-refractivity contribution in [1.82, 2.24) is 0 Å². The van der Waals surface area contributed by atoms with Crippen molar-refractivity contribution in [2.45, 2.75) is 38.6 Å². The summed E-state index contributed by atoms with van der Waals surface area (Å²) in [5, 5.41) is 0. The Hall–Kier alpha value is -0.860. The fourth-order valence-electron chi connectivity index (χ4n) is 1.87. The molecule has 0 heterocycles. The van der Waals surface area contributed by atoms with E-state index in [0.29, 0.717) is 18.8 Å². The van der Waals surface area contributed by atoms with E-state index in [1.54, 1.807) is 7.11 Å². The molecule has 0 spiro atoms. The average Bonchev–Trinajstić information content (AvgIpc) is 2.20. The van der Waals surface area contributed by atoms with Crippen LogP contribution in [-0.2, 0) is 16.1 Å². The van der Waals surface area contributed by atoms with Crippen LogP contribution >= 0.6 is 0 Å². The zero-order chi connectivity index (χ0) is 10.7. The minimum atomic E-state index is 0.301. The lowest BCUT2D eigenvalue weighted by Crippen LogP contribution is -2.40. The van der Waals surface area contributed by atoms with E-state index in [-0.39, 0.29) is 0 Å². The van der Waals surface area contributed by atoms with E-state index in [4.69, 9.17) is 9.47 Å². The van der Waals surface area contributed by atoms with Crippen LogP contribution in [0.5, 0.6) is 0 Å². The van der Waals surface area contributed by atoms with Crippen LogP contribution < -0.4 is 0 Å². The quantitative estimate of drug-likeness (QED) is 0.754. The highest BCUT2D eigenvalue weighted by Crippen LogP contribution is 2.27. The third-order valence-electron chi connectivity index (χ3n) is 3.17. The van der Waals surface area contributed by atoms with Crippen molar-refractivity contribution >= 4 is 0 Å². The van der Waals surface area contributed by atoms with Gasteiger partial charge in [-0.2, -0.15) is 0 Å². The van der Waals surface area contributed by atoms with Crippen LogP contribution in [0.1, 0.15) is 24.0 Å². The first-order valence-corrected chi connectivity index (χ1v) is 5.50. The first kappa shape index (κ1) is 10.7. The number of rotatable bonds is 4. The molecule has 15 heavy (non-hydrogen) atoms. The highest BCUT2D eigenvalue weighted by Gasteiger charge is 2.31. The third-order valence-corrected chi connectivity index (χ3v) is 3.17. The SMILES string of the molecule is COC1CCC1OCc1ccccc1C. The van der Waals surface area contributed by atoms with E-state index in [9.17, 15) is 0 Å². The number of aryl methyl sites for hydroxylation is 1. The van der Waals surface area contributed by atoms with Gasteiger partial charge in [-0.15, -0.1) is 0 Å². The molecule has 0 saturated heterocycles. The average molecular weight is 206 g/mol. The lowest BCUT2D eigenvalue weighted by molar-refractivity contribution is -0.119. The molecule has 2 atom stereocenters. The highest BCUT2D eigenvalue weighted by atomic mass is 16.5. The molecule has 1 aromatic carbocycles. The molecule has 2 heteroatoms. The molecule has 2 nitrogen and oxygen atoms in total. The fraction of sp³-hybridized carbons (Fsp3) is 0.538. The maximum absolute atomic E-state index is 5.82. The molecule has 0 aliphatic heterocycles. The molecule has 0 radical (unpaired) electrons. The van der Waals surface area contributed by atoms with Crippen molar-refractivity contribution in [3.05, 3.63) is 35.4 Å². The molecule has 0 aromatic heterocycles. The number of hydrogen-bond donors (Lipinski definition) is 0. The first-order chi connectivity index (χ1) is 7.31. The zero-order valence-corrected chi connectivity index (χ0v) is 9.40. The molecule has 1 aromatic rings. The summed E-state index contributed by atoms with van der Waals surface area (Å²) in [6.45, 7) is 2.82. The summed E-state index contributed by atoms with van der Waals surface area (Å²) in [6, 6.07) is 8.35. The second-order valence-corrected chi connectivity index (χ2v) is 4.13. The summed E-state index contributed by atoms with van der Waals surface area (Å²) in [7, 11) is 1.76. The molecule has 0 amide bonds. The van der Waals surface area contributed by atoms with Gasteiger partial charge in [0.05, 0.1) is 18.8 Å². The lowest BCUT2D eigenvalue weighted by atomic mass is 9.92. The van der Waals surface area contributed by atoms with Gasteiger partial charge in [0.15, 0.2) is 0 Å². The van der Waals surface area contributed by atoms with Crippen LogP contribution in [0.15, 0.2) is 24.3 Å². The molecule has 0 bridgehead atoms. The van der Waals surface area contributed by atoms with Crippen LogP contribution in [0.2, 0.25) is 0 Å². The van der Waals surface area contributed by atoms with E-state index in [2.05, 4.69) is 31.2 Å². The fourth-order valence-corrected chi connectivity index (χ4v) is 1.87. The maximum Gasteiger partial charge on any atom is 0.0842 e. The molecular weight excluding hydrogens is 188 g/mol. The monoisotopic (exact) mass is 206 g/mol. The standard InChI is InChI=1S/C13H18O2/c1-10-5-3-4-6-11(10)9-15-13-8-7-12(13)14-2/h3-6,12-13H,7-9H2,1-2H3. The van der Waals surface area contributed by atoms with Gasteiger partial charge in [-0.25, -0.2) is 0 Å². The predicted octanol–water partition coefficient (Wildman–Crippen LogP) is 2.69. The van der Waals surface area contributed by atoms with E-state index in [1.165, 1.54) is 11.1 Å². The Morgan fingerprint density at radius 2 is 1.93 bits per heavy atom. The molecule has 1 aliphatic rings. The van der Waals surface area contributed by atoms with Gasteiger partial charge in [-0.1, -0.05) is 24.3 Å². The highest BCUT2D eigenvalue weighted by molar-refractivity contribution is 5.24. The van der Waals surface area contributed by atoms with Crippen molar-refractivity contribution in [2.75, 3.05) is 7.11 Å². The minimum absolute atomic E-state index is 0.301. The van der Waals surface area contributed by atoms with Crippen molar-refractivity contribution in [3.8, 4) is 0 Å². The number of hydrogen-bond acceptors (Lipinski definition) is 2. The van der Waals surface area contributed by atoms with Gasteiger partial charge in [0.2, 0.25) is 0 Å². The van der Waals surface area contributed by atoms with E-state index in [1.807, 2.05) is 0 Å². The molecule has 1 saturated carbocycles. The van der Waals surface area contributed by atoms with Crippen molar-refractivity contribution < 1.29 is 9.47 Å². The Kier molecular flexibility index (Phi) is 3.39. The molecule has 0 N–H and O–H groups in total. The van der Waals surface area contributed by atoms with Crippen LogP contribution in [0, 0.1) is 6.92 Å². The normalized spacial score (nSPS) is 24.9. The summed E-state index contributed by atoms with van der Waals surface area (Å²) in [5.41, 5.74) is 2.57. The van der Waals surface area contributed by atoms with Crippen LogP contribution in [-0.4, -0.2) is 19.3 Å². The Labute approximate surface area is 91.2 Å². The minimum Gasteiger partial charge on any atom is -0.379 e. The van der Waals surface area contributed by atoms with Gasteiger partial charge in [0, 0.05) is 7.11 Å². The summed E-state index contributed by atoms with van der Waals surface area (Å²) in [6.07, 6.45) is 2.88. The van der Waals surface area contributed by atoms with Gasteiger partial charge in [0.25, 0.3) is 0 Å². The Morgan fingerprint density at radius 3 is 2.53 bits per heavy atom. The number of ether oxygens (including phenoxy) is 2. The van der Waals surface area contributed by atoms with Crippen LogP contribution in [0.3, 0.4) is 0 Å². The second kappa shape index (κ2) is 4.77.